The summed E-state index contributed by atoms with van der Waals surface area (Å²) in [5, 5.41) is 2.56. The lowest BCUT2D eigenvalue weighted by atomic mass is 10.4. The van der Waals surface area contributed by atoms with Crippen LogP contribution >= 0.6 is 0 Å². The van der Waals surface area contributed by atoms with Crippen molar-refractivity contribution in [2.24, 2.45) is 32.9 Å². The van der Waals surface area contributed by atoms with Gasteiger partial charge in [-0.1, -0.05) is 6.58 Å². The fourth-order valence-electron chi connectivity index (χ4n) is 1.72. The van der Waals surface area contributed by atoms with Crippen LogP contribution in [0.5, 0.6) is 0 Å². The molecule has 9 N–H and O–H groups in total. The second kappa shape index (κ2) is 9.92. The van der Waals surface area contributed by atoms with Gasteiger partial charge in [-0.25, -0.2) is 19.6 Å². The Morgan fingerprint density at radius 2 is 1.58 bits per heavy atom. The summed E-state index contributed by atoms with van der Waals surface area (Å²) >= 11 is 0. The number of aliphatic imine (C=N–C) groups is 2. The number of carbonyl (C=O) groups is 2. The van der Waals surface area contributed by atoms with Crippen molar-refractivity contribution in [3.63, 3.8) is 0 Å². The van der Waals surface area contributed by atoms with Gasteiger partial charge in [-0.3, -0.25) is 4.90 Å². The van der Waals surface area contributed by atoms with Crippen LogP contribution in [0.25, 0.3) is 0 Å². The molecule has 136 valence electrons. The molecular formula is C13H26N8O3. The van der Waals surface area contributed by atoms with Crippen LogP contribution in [0.1, 0.15) is 20.8 Å². The number of esters is 1. The predicted molar refractivity (Wildman–Crippen MR) is 91.6 cm³/mol. The summed E-state index contributed by atoms with van der Waals surface area (Å²) in [5.41, 5.74) is 21.6. The van der Waals surface area contributed by atoms with Crippen molar-refractivity contribution < 1.29 is 14.3 Å². The van der Waals surface area contributed by atoms with Gasteiger partial charge in [0, 0.05) is 5.57 Å². The van der Waals surface area contributed by atoms with Gasteiger partial charge in [0.25, 0.3) is 0 Å². The highest BCUT2D eigenvalue weighted by Gasteiger charge is 2.25. The lowest BCUT2D eigenvalue weighted by Crippen LogP contribution is -2.50. The second-order valence-electron chi connectivity index (χ2n) is 4.93. The molecule has 2 atom stereocenters. The molecule has 2 unspecified atom stereocenters. The van der Waals surface area contributed by atoms with E-state index in [0.717, 1.165) is 0 Å². The molecular weight excluding hydrogens is 316 g/mol. The van der Waals surface area contributed by atoms with Gasteiger partial charge < -0.3 is 33.0 Å². The Labute approximate surface area is 140 Å². The molecule has 0 aromatic heterocycles. The van der Waals surface area contributed by atoms with Crippen LogP contribution in [0.3, 0.4) is 0 Å². The van der Waals surface area contributed by atoms with Crippen LogP contribution in [-0.4, -0.2) is 54.3 Å². The Balaban J connectivity index is 4.86. The van der Waals surface area contributed by atoms with Crippen molar-refractivity contribution in [1.29, 1.82) is 0 Å². The van der Waals surface area contributed by atoms with Gasteiger partial charge in [0.15, 0.2) is 11.9 Å². The quantitative estimate of drug-likeness (QED) is 0.115. The Bertz CT molecular complexity index is 499. The third-order valence-electron chi connectivity index (χ3n) is 2.67. The zero-order chi connectivity index (χ0) is 18.9. The number of hydrogen-bond donors (Lipinski definition) is 5. The molecule has 2 amide bonds. The van der Waals surface area contributed by atoms with Crippen LogP contribution in [0.2, 0.25) is 0 Å². The first-order valence-electron chi connectivity index (χ1n) is 7.12. The molecule has 0 fully saturated rings. The molecule has 0 aliphatic carbocycles. The van der Waals surface area contributed by atoms with Gasteiger partial charge in [0.1, 0.15) is 18.9 Å². The predicted octanol–water partition coefficient (Wildman–Crippen LogP) is -1.64. The van der Waals surface area contributed by atoms with E-state index in [-0.39, 0.29) is 30.6 Å². The third-order valence-corrected chi connectivity index (χ3v) is 2.67. The number of nitrogens with one attached hydrogen (secondary N) is 1. The minimum atomic E-state index is -0.717. The standard InChI is InChI=1S/C13H26N8O3/c1-7(2)10(22)24-6-5-18-13(23)21(8(3)19-11(14)15)9(4)20-12(16)17/h8-9H,1,5-6H2,2-4H3,(H,18,23)(H4,14,15,19)(H4,16,17,20). The molecule has 11 nitrogen and oxygen atoms in total. The van der Waals surface area contributed by atoms with Gasteiger partial charge in [0.2, 0.25) is 0 Å². The topological polar surface area (TPSA) is 187 Å². The van der Waals surface area contributed by atoms with Crippen LogP contribution in [-0.2, 0) is 9.53 Å². The van der Waals surface area contributed by atoms with E-state index >= 15 is 0 Å². The fraction of sp³-hybridized carbons (Fsp3) is 0.538. The van der Waals surface area contributed by atoms with Crippen molar-refractivity contribution in [2.75, 3.05) is 13.2 Å². The minimum absolute atomic E-state index is 0.0153. The van der Waals surface area contributed by atoms with Crippen LogP contribution in [0.15, 0.2) is 22.1 Å². The van der Waals surface area contributed by atoms with Gasteiger partial charge in [-0.15, -0.1) is 0 Å². The summed E-state index contributed by atoms with van der Waals surface area (Å²) in [4.78, 5) is 32.6. The van der Waals surface area contributed by atoms with E-state index in [9.17, 15) is 9.59 Å². The summed E-state index contributed by atoms with van der Waals surface area (Å²) in [7, 11) is 0. The lowest BCUT2D eigenvalue weighted by molar-refractivity contribution is -0.138. The first-order chi connectivity index (χ1) is 11.1. The summed E-state index contributed by atoms with van der Waals surface area (Å²) in [6, 6.07) is -0.531. The van der Waals surface area contributed by atoms with Crippen molar-refractivity contribution in [3.05, 3.63) is 12.2 Å². The maximum Gasteiger partial charge on any atom is 0.333 e. The summed E-state index contributed by atoms with van der Waals surface area (Å²) < 4.78 is 4.88. The molecule has 24 heavy (non-hydrogen) atoms. The van der Waals surface area contributed by atoms with Gasteiger partial charge >= 0.3 is 12.0 Å². The van der Waals surface area contributed by atoms with Crippen molar-refractivity contribution >= 4 is 23.9 Å². The molecule has 0 aromatic carbocycles. The highest BCUT2D eigenvalue weighted by molar-refractivity contribution is 5.87. The third kappa shape index (κ3) is 7.87. The van der Waals surface area contributed by atoms with E-state index in [2.05, 4.69) is 21.9 Å². The van der Waals surface area contributed by atoms with E-state index in [1.165, 1.54) is 11.8 Å². The molecule has 0 heterocycles. The van der Waals surface area contributed by atoms with Crippen molar-refractivity contribution in [2.45, 2.75) is 33.1 Å². The SMILES string of the molecule is C=C(C)C(=O)OCCNC(=O)N(C(C)N=C(N)N)C(C)N=C(N)N. The summed E-state index contributed by atoms with van der Waals surface area (Å²) in [6.45, 7) is 8.23. The molecule has 0 aliphatic heterocycles. The Morgan fingerprint density at radius 1 is 1.12 bits per heavy atom. The number of hydrogen-bond acceptors (Lipinski definition) is 5. The Kier molecular flexibility index (Phi) is 8.69. The number of nitrogens with zero attached hydrogens (tertiary/aromatic N) is 3. The van der Waals surface area contributed by atoms with Crippen LogP contribution in [0.4, 0.5) is 4.79 Å². The molecule has 0 rings (SSSR count). The number of carbonyl (C=O) groups excluding carboxylic acids is 2. The van der Waals surface area contributed by atoms with E-state index in [0.29, 0.717) is 0 Å². The first kappa shape index (κ1) is 21.0. The molecule has 0 spiro atoms. The van der Waals surface area contributed by atoms with Crippen molar-refractivity contribution in [1.82, 2.24) is 10.2 Å². The van der Waals surface area contributed by atoms with E-state index in [1.54, 1.807) is 13.8 Å². The average Bonchev–Trinajstić information content (AvgIpc) is 2.41. The van der Waals surface area contributed by atoms with Crippen LogP contribution < -0.4 is 28.3 Å². The van der Waals surface area contributed by atoms with E-state index < -0.39 is 24.3 Å². The monoisotopic (exact) mass is 342 g/mol. The summed E-state index contributed by atoms with van der Waals surface area (Å²) in [5.74, 6) is -0.913. The lowest BCUT2D eigenvalue weighted by Gasteiger charge is -2.30. The van der Waals surface area contributed by atoms with Gasteiger partial charge in [-0.2, -0.15) is 0 Å². The summed E-state index contributed by atoms with van der Waals surface area (Å²) in [6.07, 6.45) is -1.43. The minimum Gasteiger partial charge on any atom is -0.460 e. The average molecular weight is 342 g/mol. The van der Waals surface area contributed by atoms with Gasteiger partial charge in [-0.05, 0) is 20.8 Å². The Hall–Kier alpha value is -2.98. The smallest absolute Gasteiger partial charge is 0.333 e. The number of rotatable bonds is 8. The van der Waals surface area contributed by atoms with Crippen LogP contribution in [0, 0.1) is 0 Å². The zero-order valence-corrected chi connectivity index (χ0v) is 14.2. The molecule has 0 bridgehead atoms. The Morgan fingerprint density at radius 3 is 1.96 bits per heavy atom. The molecule has 0 saturated heterocycles. The normalized spacial score (nSPS) is 12.3. The maximum atomic E-state index is 12.3. The number of ether oxygens (including phenoxy) is 1. The molecule has 0 saturated carbocycles. The fourth-order valence-corrected chi connectivity index (χ4v) is 1.72. The van der Waals surface area contributed by atoms with E-state index in [1.807, 2.05) is 0 Å². The number of guanidine groups is 2. The number of urea groups is 1. The largest absolute Gasteiger partial charge is 0.460 e. The first-order valence-corrected chi connectivity index (χ1v) is 7.12. The highest BCUT2D eigenvalue weighted by Crippen LogP contribution is 2.08. The molecule has 11 heteroatoms. The molecule has 0 aliphatic rings. The number of nitrogens with two attached hydrogens (primary N) is 4. The molecule has 0 radical (unpaired) electrons. The van der Waals surface area contributed by atoms with E-state index in [4.69, 9.17) is 27.7 Å². The number of amides is 2. The second-order valence-corrected chi connectivity index (χ2v) is 4.93. The molecule has 0 aromatic rings. The zero-order valence-electron chi connectivity index (χ0n) is 14.2. The maximum absolute atomic E-state index is 12.3. The highest BCUT2D eigenvalue weighted by atomic mass is 16.5. The van der Waals surface area contributed by atoms with Gasteiger partial charge in [0.05, 0.1) is 6.54 Å². The van der Waals surface area contributed by atoms with Crippen molar-refractivity contribution in [3.8, 4) is 0 Å².